The fourth-order valence-electron chi connectivity index (χ4n) is 2.20. The summed E-state index contributed by atoms with van der Waals surface area (Å²) in [5.74, 6) is 0. The van der Waals surface area contributed by atoms with Crippen LogP contribution >= 0.6 is 0 Å². The molecule has 0 heterocycles. The van der Waals surface area contributed by atoms with Crippen LogP contribution < -0.4 is 25.9 Å². The molecule has 3 nitrogen and oxygen atoms in total. The van der Waals surface area contributed by atoms with Gasteiger partial charge in [0.25, 0.3) is 0 Å². The van der Waals surface area contributed by atoms with Crippen molar-refractivity contribution in [2.75, 3.05) is 11.0 Å². The molecule has 6 heteroatoms. The molecule has 0 aromatic heterocycles. The summed E-state index contributed by atoms with van der Waals surface area (Å²) in [7, 11) is -4.27. The average Bonchev–Trinajstić information content (AvgIpc) is 2.40. The predicted octanol–water partition coefficient (Wildman–Crippen LogP) is 0.606. The van der Waals surface area contributed by atoms with Crippen molar-refractivity contribution in [2.24, 2.45) is 0 Å². The molecule has 0 radical (unpaired) electrons. The number of hydrogen-bond donors (Lipinski definition) is 1. The normalized spacial score (nSPS) is 12.2. The smallest absolute Gasteiger partial charge is 0.284 e. The first kappa shape index (κ1) is 18.5. The van der Waals surface area contributed by atoms with E-state index in [1.807, 2.05) is 24.3 Å². The number of hydrogen-bond acceptors (Lipinski definition) is 2. The summed E-state index contributed by atoms with van der Waals surface area (Å²) in [6.45, 7) is 7.17. The van der Waals surface area contributed by atoms with Crippen molar-refractivity contribution in [2.45, 2.75) is 25.7 Å². The van der Waals surface area contributed by atoms with Crippen LogP contribution in [0.5, 0.6) is 0 Å². The van der Waals surface area contributed by atoms with Crippen molar-refractivity contribution in [1.29, 1.82) is 0 Å². The monoisotopic (exact) mass is 460 g/mol. The van der Waals surface area contributed by atoms with Crippen molar-refractivity contribution in [3.8, 4) is 0 Å². The Kier molecular flexibility index (Phi) is 5.91. The molecule has 0 spiro atoms. The molecular weight excluding hydrogens is 437 g/mol. The maximum Gasteiger partial charge on any atom is 0.357 e. The van der Waals surface area contributed by atoms with Crippen LogP contribution in [0.25, 0.3) is 0 Å². The Morgan fingerprint density at radius 3 is 1.83 bits per heavy atom. The average molecular weight is 460 g/mol. The lowest BCUT2D eigenvalue weighted by molar-refractivity contribution is -0.597. The molecule has 2 rings (SSSR count). The first-order valence-electron chi connectivity index (χ1n) is 7.42. The van der Waals surface area contributed by atoms with Crippen molar-refractivity contribution in [1.82, 2.24) is 0 Å². The number of nitrogens with one attached hydrogen (secondary N) is 1. The minimum Gasteiger partial charge on any atom is -0.284 e. The van der Waals surface area contributed by atoms with Crippen molar-refractivity contribution < 1.29 is 29.6 Å². The van der Waals surface area contributed by atoms with Gasteiger partial charge in [-0.15, -0.1) is 0 Å². The third-order valence-corrected chi connectivity index (χ3v) is 7.77. The molecule has 0 unspecified atom stereocenters. The van der Waals surface area contributed by atoms with Gasteiger partial charge in [-0.3, -0.25) is 4.72 Å². The number of benzene rings is 2. The molecule has 0 atom stereocenters. The number of rotatable bonds is 6. The Balaban J connectivity index is 2.02. The van der Waals surface area contributed by atoms with E-state index in [0.29, 0.717) is 5.69 Å². The lowest BCUT2D eigenvalue weighted by Gasteiger charge is -2.15. The molecule has 2 aromatic carbocycles. The van der Waals surface area contributed by atoms with Gasteiger partial charge in [0.15, 0.2) is 7.14 Å². The zero-order valence-electron chi connectivity index (χ0n) is 13.9. The van der Waals surface area contributed by atoms with Crippen LogP contribution in [0.4, 0.5) is 5.69 Å². The highest BCUT2D eigenvalue weighted by atomic mass is 127. The Morgan fingerprint density at radius 2 is 1.39 bits per heavy atom. The quantitative estimate of drug-likeness (QED) is 0.507. The molecule has 124 valence electrons. The minimum absolute atomic E-state index is 0.231. The van der Waals surface area contributed by atoms with Gasteiger partial charge in [-0.05, 0) is 42.4 Å². The number of anilines is 1. The van der Waals surface area contributed by atoms with Gasteiger partial charge < -0.3 is 0 Å². The van der Waals surface area contributed by atoms with Gasteiger partial charge in [-0.1, -0.05) is 37.3 Å². The van der Waals surface area contributed by atoms with Crippen LogP contribution in [0.15, 0.2) is 48.5 Å². The minimum atomic E-state index is -3.21. The second-order valence-corrected chi connectivity index (χ2v) is 17.1. The molecule has 0 fully saturated rings. The third kappa shape index (κ3) is 7.05. The second kappa shape index (κ2) is 7.35. The summed E-state index contributed by atoms with van der Waals surface area (Å²) < 4.78 is 27.6. The van der Waals surface area contributed by atoms with E-state index < -0.39 is 18.1 Å². The van der Waals surface area contributed by atoms with Gasteiger partial charge in [-0.25, -0.2) is 8.42 Å². The van der Waals surface area contributed by atoms with Crippen molar-refractivity contribution in [3.63, 3.8) is 0 Å². The van der Waals surface area contributed by atoms with Crippen LogP contribution in [0, 0.1) is 7.14 Å². The van der Waals surface area contributed by atoms with Crippen LogP contribution in [-0.4, -0.2) is 22.7 Å². The second-order valence-electron chi connectivity index (χ2n) is 6.84. The van der Waals surface area contributed by atoms with Crippen molar-refractivity contribution >= 4 is 23.8 Å². The zero-order valence-corrected chi connectivity index (χ0v) is 17.9. The summed E-state index contributed by atoms with van der Waals surface area (Å²) in [5.41, 5.74) is 2.05. The van der Waals surface area contributed by atoms with E-state index >= 15 is 0 Å². The van der Waals surface area contributed by atoms with Crippen LogP contribution in [0.2, 0.25) is 19.6 Å². The SMILES string of the molecule is C[Si](C)(C)Cc1ccc([I+]c2ccc(NS(C)(=O)=O)cc2)cc1. The van der Waals surface area contributed by atoms with Crippen molar-refractivity contribution in [3.05, 3.63) is 61.2 Å². The lowest BCUT2D eigenvalue weighted by Crippen LogP contribution is -3.61. The van der Waals surface area contributed by atoms with Crippen LogP contribution in [-0.2, 0) is 16.1 Å². The molecule has 23 heavy (non-hydrogen) atoms. The summed E-state index contributed by atoms with van der Waals surface area (Å²) >= 11 is -0.231. The largest absolute Gasteiger partial charge is 0.357 e. The molecule has 2 aromatic rings. The van der Waals surface area contributed by atoms with E-state index in [9.17, 15) is 8.42 Å². The fourth-order valence-corrected chi connectivity index (χ4v) is 6.38. The molecule has 0 aliphatic rings. The van der Waals surface area contributed by atoms with E-state index in [1.165, 1.54) is 18.7 Å². The van der Waals surface area contributed by atoms with E-state index in [-0.39, 0.29) is 21.2 Å². The first-order valence-corrected chi connectivity index (χ1v) is 15.2. The van der Waals surface area contributed by atoms with E-state index in [1.54, 1.807) is 0 Å². The van der Waals surface area contributed by atoms with Gasteiger partial charge in [-0.2, -0.15) is 0 Å². The third-order valence-electron chi connectivity index (χ3n) is 3.01. The maximum absolute atomic E-state index is 11.2. The van der Waals surface area contributed by atoms with Crippen LogP contribution in [0.1, 0.15) is 5.56 Å². The topological polar surface area (TPSA) is 46.2 Å². The Morgan fingerprint density at radius 1 is 0.913 bits per heavy atom. The van der Waals surface area contributed by atoms with Gasteiger partial charge >= 0.3 is 21.2 Å². The molecule has 0 saturated heterocycles. The highest BCUT2D eigenvalue weighted by Gasteiger charge is 2.17. The Bertz CT molecular complexity index is 751. The number of sulfonamides is 1. The fraction of sp³-hybridized carbons (Fsp3) is 0.294. The molecule has 0 bridgehead atoms. The highest BCUT2D eigenvalue weighted by molar-refractivity contribution is 7.92. The van der Waals surface area contributed by atoms with Gasteiger partial charge in [0.05, 0.1) is 6.26 Å². The molecule has 0 aliphatic heterocycles. The Hall–Kier alpha value is -0.863. The predicted molar refractivity (Wildman–Crippen MR) is 95.8 cm³/mol. The van der Waals surface area contributed by atoms with E-state index in [4.69, 9.17) is 0 Å². The van der Waals surface area contributed by atoms with Gasteiger partial charge in [0.1, 0.15) is 0 Å². The highest BCUT2D eigenvalue weighted by Crippen LogP contribution is 2.10. The zero-order chi connectivity index (χ0) is 17.1. The van der Waals surface area contributed by atoms with Gasteiger partial charge in [0.2, 0.25) is 10.0 Å². The summed E-state index contributed by atoms with van der Waals surface area (Å²) in [6, 6.07) is 17.9. The van der Waals surface area contributed by atoms with E-state index in [2.05, 4.69) is 48.6 Å². The molecule has 0 aliphatic carbocycles. The lowest BCUT2D eigenvalue weighted by atomic mass is 10.2. The number of halogens is 1. The molecule has 1 N–H and O–H groups in total. The van der Waals surface area contributed by atoms with Gasteiger partial charge in [0, 0.05) is 13.8 Å². The van der Waals surface area contributed by atoms with E-state index in [0.717, 1.165) is 6.26 Å². The maximum atomic E-state index is 11.2. The summed E-state index contributed by atoms with van der Waals surface area (Å²) in [5, 5.41) is 0. The molecular formula is C17H23INO2SSi+. The molecule has 0 saturated carbocycles. The van der Waals surface area contributed by atoms with Crippen LogP contribution in [0.3, 0.4) is 0 Å². The standard InChI is InChI=1S/C17H23INO2SSi/c1-22(20,21)19-17-11-9-16(10-12-17)18-15-7-5-14(6-8-15)13-23(2,3)4/h5-12,19H,13H2,1-4H3/q+1. The summed E-state index contributed by atoms with van der Waals surface area (Å²) in [4.78, 5) is 0. The Labute approximate surface area is 150 Å². The molecule has 0 amide bonds. The first-order chi connectivity index (χ1) is 10.6. The summed E-state index contributed by atoms with van der Waals surface area (Å²) in [6.07, 6.45) is 1.16.